The molecule has 1 heterocycles. The SMILES string of the molecule is CC(C)(N)c1cc2c(cc1F)OCCCO2. The van der Waals surface area contributed by atoms with Gasteiger partial charge in [0.25, 0.3) is 0 Å². The van der Waals surface area contributed by atoms with Crippen molar-refractivity contribution in [3.63, 3.8) is 0 Å². The van der Waals surface area contributed by atoms with Crippen LogP contribution in [0.25, 0.3) is 0 Å². The lowest BCUT2D eigenvalue weighted by atomic mass is 9.94. The number of nitrogens with two attached hydrogens (primary N) is 1. The lowest BCUT2D eigenvalue weighted by Crippen LogP contribution is -2.29. The number of hydrogen-bond donors (Lipinski definition) is 1. The third kappa shape index (κ3) is 2.11. The Kier molecular flexibility index (Phi) is 2.76. The van der Waals surface area contributed by atoms with Crippen LogP contribution in [0.5, 0.6) is 11.5 Å². The van der Waals surface area contributed by atoms with Crippen LogP contribution in [0.4, 0.5) is 4.39 Å². The molecule has 1 aliphatic heterocycles. The molecule has 0 bridgehead atoms. The van der Waals surface area contributed by atoms with Crippen LogP contribution in [0.2, 0.25) is 0 Å². The van der Waals surface area contributed by atoms with Crippen molar-refractivity contribution in [3.05, 3.63) is 23.5 Å². The number of rotatable bonds is 1. The summed E-state index contributed by atoms with van der Waals surface area (Å²) in [5.74, 6) is 0.687. The van der Waals surface area contributed by atoms with Crippen LogP contribution in [0.3, 0.4) is 0 Å². The van der Waals surface area contributed by atoms with Crippen molar-refractivity contribution in [2.45, 2.75) is 25.8 Å². The fourth-order valence-electron chi connectivity index (χ4n) is 1.68. The number of halogens is 1. The van der Waals surface area contributed by atoms with Crippen molar-refractivity contribution in [1.29, 1.82) is 0 Å². The molecule has 2 rings (SSSR count). The predicted octanol–water partition coefficient (Wildman–Crippen LogP) is 2.18. The smallest absolute Gasteiger partial charge is 0.164 e. The molecule has 2 N–H and O–H groups in total. The highest BCUT2D eigenvalue weighted by Gasteiger charge is 2.23. The van der Waals surface area contributed by atoms with Crippen molar-refractivity contribution in [2.75, 3.05) is 13.2 Å². The first kappa shape index (κ1) is 11.2. The Morgan fingerprint density at radius 1 is 1.19 bits per heavy atom. The second-order valence-electron chi connectivity index (χ2n) is 4.55. The quantitative estimate of drug-likeness (QED) is 0.796. The number of ether oxygens (including phenoxy) is 2. The molecule has 0 aliphatic carbocycles. The maximum absolute atomic E-state index is 13.8. The fraction of sp³-hybridized carbons (Fsp3) is 0.500. The predicted molar refractivity (Wildman–Crippen MR) is 59.2 cm³/mol. The average molecular weight is 225 g/mol. The van der Waals surface area contributed by atoms with E-state index in [2.05, 4.69) is 0 Å². The summed E-state index contributed by atoms with van der Waals surface area (Å²) in [5, 5.41) is 0. The van der Waals surface area contributed by atoms with Crippen molar-refractivity contribution in [2.24, 2.45) is 5.73 Å². The van der Waals surface area contributed by atoms with E-state index in [1.165, 1.54) is 6.07 Å². The average Bonchev–Trinajstić information content (AvgIpc) is 2.39. The van der Waals surface area contributed by atoms with E-state index in [4.69, 9.17) is 15.2 Å². The van der Waals surface area contributed by atoms with Crippen molar-refractivity contribution in [3.8, 4) is 11.5 Å². The van der Waals surface area contributed by atoms with Crippen molar-refractivity contribution in [1.82, 2.24) is 0 Å². The Balaban J connectivity index is 2.47. The summed E-state index contributed by atoms with van der Waals surface area (Å²) in [5.41, 5.74) is 5.61. The molecule has 1 aliphatic rings. The van der Waals surface area contributed by atoms with Gasteiger partial charge in [-0.05, 0) is 19.9 Å². The summed E-state index contributed by atoms with van der Waals surface area (Å²) in [6, 6.07) is 2.99. The summed E-state index contributed by atoms with van der Waals surface area (Å²) in [4.78, 5) is 0. The molecule has 0 saturated carbocycles. The summed E-state index contributed by atoms with van der Waals surface area (Å²) in [6.07, 6.45) is 0.803. The standard InChI is InChI=1S/C12H16FNO2/c1-12(2,14)8-6-10-11(7-9(8)13)16-5-3-4-15-10/h6-7H,3-5,14H2,1-2H3. The summed E-state index contributed by atoms with van der Waals surface area (Å²) in [7, 11) is 0. The molecule has 16 heavy (non-hydrogen) atoms. The molecule has 0 aromatic heterocycles. The second-order valence-corrected chi connectivity index (χ2v) is 4.55. The zero-order valence-electron chi connectivity index (χ0n) is 9.55. The molecule has 0 saturated heterocycles. The number of hydrogen-bond acceptors (Lipinski definition) is 3. The third-order valence-electron chi connectivity index (χ3n) is 2.53. The summed E-state index contributed by atoms with van der Waals surface area (Å²) >= 11 is 0. The van der Waals surface area contributed by atoms with Gasteiger partial charge in [-0.3, -0.25) is 0 Å². The Hall–Kier alpha value is -1.29. The molecule has 0 unspecified atom stereocenters. The Morgan fingerprint density at radius 2 is 1.75 bits per heavy atom. The molecular formula is C12H16FNO2. The highest BCUT2D eigenvalue weighted by Crippen LogP contribution is 2.35. The number of benzene rings is 1. The van der Waals surface area contributed by atoms with Gasteiger partial charge in [0.2, 0.25) is 0 Å². The van der Waals surface area contributed by atoms with Crippen LogP contribution >= 0.6 is 0 Å². The summed E-state index contributed by atoms with van der Waals surface area (Å²) in [6.45, 7) is 4.66. The van der Waals surface area contributed by atoms with Gasteiger partial charge in [-0.25, -0.2) is 4.39 Å². The minimum absolute atomic E-state index is 0.350. The van der Waals surface area contributed by atoms with Gasteiger partial charge < -0.3 is 15.2 Å². The molecule has 0 fully saturated rings. The van der Waals surface area contributed by atoms with Crippen LogP contribution in [-0.2, 0) is 5.54 Å². The van der Waals surface area contributed by atoms with Crippen LogP contribution in [-0.4, -0.2) is 13.2 Å². The van der Waals surface area contributed by atoms with Crippen molar-refractivity contribution >= 4 is 0 Å². The van der Waals surface area contributed by atoms with Gasteiger partial charge in [0.1, 0.15) is 5.82 Å². The molecule has 0 atom stereocenters. The van der Waals surface area contributed by atoms with Gasteiger partial charge in [-0.1, -0.05) is 0 Å². The van der Waals surface area contributed by atoms with E-state index in [0.717, 1.165) is 6.42 Å². The van der Waals surface area contributed by atoms with E-state index < -0.39 is 5.54 Å². The van der Waals surface area contributed by atoms with E-state index in [-0.39, 0.29) is 5.82 Å². The van der Waals surface area contributed by atoms with Gasteiger partial charge >= 0.3 is 0 Å². The lowest BCUT2D eigenvalue weighted by Gasteiger charge is -2.21. The van der Waals surface area contributed by atoms with Gasteiger partial charge in [-0.2, -0.15) is 0 Å². The van der Waals surface area contributed by atoms with Crippen LogP contribution in [0.1, 0.15) is 25.8 Å². The highest BCUT2D eigenvalue weighted by atomic mass is 19.1. The maximum atomic E-state index is 13.8. The Bertz CT molecular complexity index is 399. The Labute approximate surface area is 94.3 Å². The minimum atomic E-state index is -0.727. The summed E-state index contributed by atoms with van der Waals surface area (Å²) < 4.78 is 24.7. The first-order valence-electron chi connectivity index (χ1n) is 5.37. The van der Waals surface area contributed by atoms with Crippen LogP contribution in [0, 0.1) is 5.82 Å². The molecule has 1 aromatic carbocycles. The second kappa shape index (κ2) is 3.94. The van der Waals surface area contributed by atoms with Gasteiger partial charge in [0.15, 0.2) is 11.5 Å². The Morgan fingerprint density at radius 3 is 2.31 bits per heavy atom. The van der Waals surface area contributed by atoms with E-state index >= 15 is 0 Å². The van der Waals surface area contributed by atoms with E-state index in [1.54, 1.807) is 19.9 Å². The molecule has 0 spiro atoms. The van der Waals surface area contributed by atoms with Gasteiger partial charge in [0, 0.05) is 23.6 Å². The van der Waals surface area contributed by atoms with E-state index in [1.807, 2.05) is 0 Å². The van der Waals surface area contributed by atoms with Gasteiger partial charge in [0.05, 0.1) is 13.2 Å². The topological polar surface area (TPSA) is 44.5 Å². The maximum Gasteiger partial charge on any atom is 0.164 e. The van der Waals surface area contributed by atoms with Crippen LogP contribution in [0.15, 0.2) is 12.1 Å². The monoisotopic (exact) mass is 225 g/mol. The molecule has 3 nitrogen and oxygen atoms in total. The molecule has 88 valence electrons. The van der Waals surface area contributed by atoms with Gasteiger partial charge in [-0.15, -0.1) is 0 Å². The first-order chi connectivity index (χ1) is 7.48. The lowest BCUT2D eigenvalue weighted by molar-refractivity contribution is 0.296. The van der Waals surface area contributed by atoms with E-state index in [9.17, 15) is 4.39 Å². The first-order valence-corrected chi connectivity index (χ1v) is 5.37. The highest BCUT2D eigenvalue weighted by molar-refractivity contribution is 5.46. The molecular weight excluding hydrogens is 209 g/mol. The molecule has 4 heteroatoms. The number of fused-ring (bicyclic) bond motifs is 1. The largest absolute Gasteiger partial charge is 0.490 e. The minimum Gasteiger partial charge on any atom is -0.490 e. The third-order valence-corrected chi connectivity index (χ3v) is 2.53. The normalized spacial score (nSPS) is 15.8. The zero-order valence-corrected chi connectivity index (χ0v) is 9.55. The molecule has 1 aromatic rings. The van der Waals surface area contributed by atoms with Crippen LogP contribution < -0.4 is 15.2 Å². The van der Waals surface area contributed by atoms with Crippen molar-refractivity contribution < 1.29 is 13.9 Å². The van der Waals surface area contributed by atoms with E-state index in [0.29, 0.717) is 30.3 Å². The fourth-order valence-corrected chi connectivity index (χ4v) is 1.68. The zero-order chi connectivity index (χ0) is 11.8. The molecule has 0 amide bonds. The molecule has 0 radical (unpaired) electrons.